The van der Waals surface area contributed by atoms with Crippen LogP contribution >= 0.6 is 27.5 Å². The van der Waals surface area contributed by atoms with E-state index in [4.69, 9.17) is 17.3 Å². The molecule has 0 aliphatic heterocycles. The quantitative estimate of drug-likeness (QED) is 0.740. The smallest absolute Gasteiger partial charge is 0.241 e. The zero-order chi connectivity index (χ0) is 15.0. The molecule has 1 aromatic rings. The van der Waals surface area contributed by atoms with Gasteiger partial charge in [0, 0.05) is 17.3 Å². The molecule has 20 heavy (non-hydrogen) atoms. The van der Waals surface area contributed by atoms with Crippen LogP contribution in [0.3, 0.4) is 0 Å². The van der Waals surface area contributed by atoms with Gasteiger partial charge >= 0.3 is 0 Å². The van der Waals surface area contributed by atoms with Crippen LogP contribution in [0.15, 0.2) is 21.5 Å². The number of hydrogen-bond donors (Lipinski definition) is 2. The van der Waals surface area contributed by atoms with Crippen LogP contribution < -0.4 is 10.5 Å². The molecule has 0 spiro atoms. The van der Waals surface area contributed by atoms with E-state index in [2.05, 4.69) is 27.6 Å². The lowest BCUT2D eigenvalue weighted by atomic mass is 10.0. The van der Waals surface area contributed by atoms with Crippen LogP contribution in [-0.4, -0.2) is 15.0 Å². The zero-order valence-electron chi connectivity index (χ0n) is 11.2. The number of nitrogen functional groups attached to an aromatic ring is 1. The average Bonchev–Trinajstić information content (AvgIpc) is 3.12. The van der Waals surface area contributed by atoms with Crippen molar-refractivity contribution in [1.29, 1.82) is 0 Å². The van der Waals surface area contributed by atoms with Crippen molar-refractivity contribution in [3.63, 3.8) is 0 Å². The summed E-state index contributed by atoms with van der Waals surface area (Å²) in [5.41, 5.74) is 6.20. The highest BCUT2D eigenvalue weighted by molar-refractivity contribution is 9.10. The fraction of sp³-hybridized carbons (Fsp3) is 0.538. The van der Waals surface area contributed by atoms with Gasteiger partial charge in [-0.2, -0.15) is 0 Å². The Hall–Kier alpha value is -0.300. The lowest BCUT2D eigenvalue weighted by Crippen LogP contribution is -2.30. The summed E-state index contributed by atoms with van der Waals surface area (Å²) < 4.78 is 27.8. The van der Waals surface area contributed by atoms with Crippen LogP contribution in [0.4, 0.5) is 5.69 Å². The van der Waals surface area contributed by atoms with Gasteiger partial charge in [0.25, 0.3) is 0 Å². The summed E-state index contributed by atoms with van der Waals surface area (Å²) in [4.78, 5) is 0.0924. The highest BCUT2D eigenvalue weighted by Gasteiger charge is 2.42. The highest BCUT2D eigenvalue weighted by Crippen LogP contribution is 2.49. The number of nitrogens with one attached hydrogen (secondary N) is 1. The van der Waals surface area contributed by atoms with Crippen LogP contribution in [0.5, 0.6) is 0 Å². The standard InChI is InChI=1S/C13H18BrClN2O2S/c1-2-3-13(4-5-13)8-17-20(18,19)11-7-9(15)6-10(16)12(11)14/h6-7,17H,2-5,8,16H2,1H3. The summed E-state index contributed by atoms with van der Waals surface area (Å²) in [5, 5.41) is 0.306. The minimum atomic E-state index is -3.61. The lowest BCUT2D eigenvalue weighted by molar-refractivity contribution is 0.449. The van der Waals surface area contributed by atoms with Crippen molar-refractivity contribution >= 4 is 43.2 Å². The van der Waals surface area contributed by atoms with Crippen molar-refractivity contribution in [2.24, 2.45) is 5.41 Å². The topological polar surface area (TPSA) is 72.2 Å². The first-order valence-electron chi connectivity index (χ1n) is 6.54. The number of anilines is 1. The molecule has 4 nitrogen and oxygen atoms in total. The number of sulfonamides is 1. The number of halogens is 2. The highest BCUT2D eigenvalue weighted by atomic mass is 79.9. The van der Waals surface area contributed by atoms with E-state index < -0.39 is 10.0 Å². The Balaban J connectivity index is 2.19. The Labute approximate surface area is 133 Å². The Morgan fingerprint density at radius 1 is 1.45 bits per heavy atom. The van der Waals surface area contributed by atoms with Crippen molar-refractivity contribution in [3.05, 3.63) is 21.6 Å². The van der Waals surface area contributed by atoms with Gasteiger partial charge in [-0.05, 0) is 52.7 Å². The largest absolute Gasteiger partial charge is 0.398 e. The van der Waals surface area contributed by atoms with Crippen LogP contribution in [0.1, 0.15) is 32.6 Å². The average molecular weight is 382 g/mol. The molecule has 1 aliphatic rings. The predicted octanol–water partition coefficient (Wildman–Crippen LogP) is 3.54. The van der Waals surface area contributed by atoms with Crippen LogP contribution in [0, 0.1) is 5.41 Å². The summed E-state index contributed by atoms with van der Waals surface area (Å²) in [5.74, 6) is 0. The van der Waals surface area contributed by atoms with Crippen molar-refractivity contribution in [3.8, 4) is 0 Å². The molecule has 0 saturated heterocycles. The number of rotatable bonds is 6. The first kappa shape index (κ1) is 16.1. The van der Waals surface area contributed by atoms with E-state index in [-0.39, 0.29) is 10.3 Å². The minimum Gasteiger partial charge on any atom is -0.398 e. The van der Waals surface area contributed by atoms with E-state index in [0.29, 0.717) is 21.7 Å². The van der Waals surface area contributed by atoms with Gasteiger partial charge in [0.1, 0.15) is 0 Å². The molecule has 0 heterocycles. The second-order valence-corrected chi connectivity index (χ2v) is 8.35. The minimum absolute atomic E-state index is 0.0924. The van der Waals surface area contributed by atoms with Gasteiger partial charge in [-0.25, -0.2) is 13.1 Å². The molecule has 1 fully saturated rings. The van der Waals surface area contributed by atoms with E-state index >= 15 is 0 Å². The van der Waals surface area contributed by atoms with Gasteiger partial charge in [-0.15, -0.1) is 0 Å². The molecule has 0 amide bonds. The summed E-state index contributed by atoms with van der Waals surface area (Å²) in [6.45, 7) is 2.59. The van der Waals surface area contributed by atoms with Gasteiger partial charge in [0.15, 0.2) is 0 Å². The lowest BCUT2D eigenvalue weighted by Gasteiger charge is -2.16. The zero-order valence-corrected chi connectivity index (χ0v) is 14.4. The number of nitrogens with two attached hydrogens (primary N) is 1. The molecule has 0 aromatic heterocycles. The van der Waals surface area contributed by atoms with Gasteiger partial charge in [-0.3, -0.25) is 0 Å². The normalized spacial score (nSPS) is 17.1. The maximum atomic E-state index is 12.4. The van der Waals surface area contributed by atoms with Crippen molar-refractivity contribution in [2.45, 2.75) is 37.5 Å². The van der Waals surface area contributed by atoms with Crippen molar-refractivity contribution in [1.82, 2.24) is 4.72 Å². The molecule has 112 valence electrons. The Morgan fingerprint density at radius 3 is 2.65 bits per heavy atom. The molecular formula is C13H18BrClN2O2S. The molecular weight excluding hydrogens is 364 g/mol. The molecule has 0 atom stereocenters. The number of hydrogen-bond acceptors (Lipinski definition) is 3. The summed E-state index contributed by atoms with van der Waals surface area (Å²) in [6, 6.07) is 2.92. The second-order valence-electron chi connectivity index (χ2n) is 5.38. The first-order valence-corrected chi connectivity index (χ1v) is 9.19. The summed E-state index contributed by atoms with van der Waals surface area (Å²) in [7, 11) is -3.61. The van der Waals surface area contributed by atoms with Crippen LogP contribution in [0.2, 0.25) is 5.02 Å². The third kappa shape index (κ3) is 3.47. The van der Waals surface area contributed by atoms with Gasteiger partial charge in [0.05, 0.1) is 9.37 Å². The molecule has 0 unspecified atom stereocenters. The van der Waals surface area contributed by atoms with E-state index in [1.165, 1.54) is 12.1 Å². The van der Waals surface area contributed by atoms with E-state index in [1.54, 1.807) is 0 Å². The number of benzene rings is 1. The SMILES string of the molecule is CCCC1(CNS(=O)(=O)c2cc(Cl)cc(N)c2Br)CC1. The third-order valence-corrected chi connectivity index (χ3v) is 6.49. The molecule has 0 radical (unpaired) electrons. The van der Waals surface area contributed by atoms with Gasteiger partial charge in [0.2, 0.25) is 10.0 Å². The van der Waals surface area contributed by atoms with Crippen LogP contribution in [0.25, 0.3) is 0 Å². The van der Waals surface area contributed by atoms with Crippen LogP contribution in [-0.2, 0) is 10.0 Å². The molecule has 1 aliphatic carbocycles. The van der Waals surface area contributed by atoms with Crippen molar-refractivity contribution in [2.75, 3.05) is 12.3 Å². The van der Waals surface area contributed by atoms with E-state index in [1.807, 2.05) is 0 Å². The Kier molecular flexibility index (Phi) is 4.69. The summed E-state index contributed by atoms with van der Waals surface area (Å²) >= 11 is 9.10. The molecule has 1 saturated carbocycles. The first-order chi connectivity index (χ1) is 9.30. The predicted molar refractivity (Wildman–Crippen MR) is 85.3 cm³/mol. The monoisotopic (exact) mass is 380 g/mol. The second kappa shape index (κ2) is 5.83. The summed E-state index contributed by atoms with van der Waals surface area (Å²) in [6.07, 6.45) is 4.29. The molecule has 1 aromatic carbocycles. The third-order valence-electron chi connectivity index (χ3n) is 3.70. The Morgan fingerprint density at radius 2 is 2.10 bits per heavy atom. The van der Waals surface area contributed by atoms with Gasteiger partial charge < -0.3 is 5.73 Å². The van der Waals surface area contributed by atoms with E-state index in [0.717, 1.165) is 25.7 Å². The molecule has 3 N–H and O–H groups in total. The molecule has 7 heteroatoms. The fourth-order valence-corrected chi connectivity index (χ4v) is 4.78. The fourth-order valence-electron chi connectivity index (χ4n) is 2.33. The van der Waals surface area contributed by atoms with Crippen molar-refractivity contribution < 1.29 is 8.42 Å². The molecule has 0 bridgehead atoms. The Bertz CT molecular complexity index is 615. The van der Waals surface area contributed by atoms with Gasteiger partial charge in [-0.1, -0.05) is 24.9 Å². The molecule has 2 rings (SSSR count). The maximum absolute atomic E-state index is 12.4. The van der Waals surface area contributed by atoms with E-state index in [9.17, 15) is 8.42 Å². The maximum Gasteiger partial charge on any atom is 0.241 e.